The van der Waals surface area contributed by atoms with Crippen LogP contribution in [0.3, 0.4) is 0 Å². The molecule has 0 bridgehead atoms. The number of hydrogen-bond donors (Lipinski definition) is 2. The fraction of sp³-hybridized carbons (Fsp3) is 0.200. The molecule has 0 fully saturated rings. The van der Waals surface area contributed by atoms with Gasteiger partial charge in [0.2, 0.25) is 0 Å². The molecule has 0 aliphatic carbocycles. The van der Waals surface area contributed by atoms with Crippen LogP contribution >= 0.6 is 22.6 Å². The lowest BCUT2D eigenvalue weighted by Gasteiger charge is -2.10. The Kier molecular flexibility index (Phi) is 5.12. The van der Waals surface area contributed by atoms with E-state index in [1.165, 1.54) is 18.2 Å². The minimum absolute atomic E-state index is 0.0769. The summed E-state index contributed by atoms with van der Waals surface area (Å²) in [5.41, 5.74) is -0.458. The van der Waals surface area contributed by atoms with E-state index < -0.39 is 23.2 Å². The zero-order valence-corrected chi connectivity index (χ0v) is 14.1. The first-order valence-corrected chi connectivity index (χ1v) is 7.60. The lowest BCUT2D eigenvalue weighted by molar-refractivity contribution is -0.137. The van der Waals surface area contributed by atoms with Crippen molar-refractivity contribution in [1.82, 2.24) is 10.3 Å². The van der Waals surface area contributed by atoms with Gasteiger partial charge in [0, 0.05) is 15.8 Å². The van der Waals surface area contributed by atoms with Crippen molar-refractivity contribution in [1.29, 1.82) is 0 Å². The number of H-pyrrole nitrogens is 1. The van der Waals surface area contributed by atoms with Gasteiger partial charge in [-0.3, -0.25) is 9.59 Å². The van der Waals surface area contributed by atoms with Crippen LogP contribution in [-0.4, -0.2) is 10.9 Å². The summed E-state index contributed by atoms with van der Waals surface area (Å²) in [5.74, 6) is -0.637. The predicted octanol–water partition coefficient (Wildman–Crippen LogP) is 3.24. The summed E-state index contributed by atoms with van der Waals surface area (Å²) < 4.78 is 38.6. The smallest absolute Gasteiger partial charge is 0.348 e. The summed E-state index contributed by atoms with van der Waals surface area (Å²) in [4.78, 5) is 26.3. The summed E-state index contributed by atoms with van der Waals surface area (Å²) in [6.45, 7) is 1.60. The Balaban J connectivity index is 2.14. The van der Waals surface area contributed by atoms with Crippen LogP contribution in [0.25, 0.3) is 0 Å². The lowest BCUT2D eigenvalue weighted by atomic mass is 10.1. The first kappa shape index (κ1) is 17.5. The van der Waals surface area contributed by atoms with Gasteiger partial charge in [0.1, 0.15) is 5.56 Å². The summed E-state index contributed by atoms with van der Waals surface area (Å²) in [7, 11) is 0. The zero-order chi connectivity index (χ0) is 17.2. The summed E-state index contributed by atoms with van der Waals surface area (Å²) in [5, 5.41) is 2.45. The van der Waals surface area contributed by atoms with Crippen LogP contribution < -0.4 is 10.9 Å². The highest BCUT2D eigenvalue weighted by atomic mass is 127. The van der Waals surface area contributed by atoms with Crippen LogP contribution in [0, 0.1) is 10.5 Å². The van der Waals surface area contributed by atoms with Crippen LogP contribution in [0.4, 0.5) is 13.2 Å². The highest BCUT2D eigenvalue weighted by Crippen LogP contribution is 2.29. The van der Waals surface area contributed by atoms with Gasteiger partial charge in [-0.05, 0) is 53.3 Å². The molecule has 0 spiro atoms. The van der Waals surface area contributed by atoms with Crippen LogP contribution in [0.2, 0.25) is 0 Å². The molecule has 4 nitrogen and oxygen atoms in total. The van der Waals surface area contributed by atoms with Gasteiger partial charge in [0.15, 0.2) is 0 Å². The van der Waals surface area contributed by atoms with Crippen molar-refractivity contribution in [3.63, 3.8) is 0 Å². The summed E-state index contributed by atoms with van der Waals surface area (Å²) in [6.07, 6.45) is -4.44. The largest absolute Gasteiger partial charge is 0.416 e. The van der Waals surface area contributed by atoms with Gasteiger partial charge in [-0.15, -0.1) is 0 Å². The molecule has 8 heteroatoms. The topological polar surface area (TPSA) is 62.0 Å². The zero-order valence-electron chi connectivity index (χ0n) is 11.9. The molecule has 1 heterocycles. The maximum Gasteiger partial charge on any atom is 0.416 e. The number of pyridine rings is 1. The Labute approximate surface area is 143 Å². The molecular formula is C15H12F3IN2O2. The quantitative estimate of drug-likeness (QED) is 0.727. The number of halogens is 4. The van der Waals surface area contributed by atoms with Crippen LogP contribution in [0.15, 0.2) is 35.1 Å². The van der Waals surface area contributed by atoms with Gasteiger partial charge in [-0.1, -0.05) is 12.1 Å². The highest BCUT2D eigenvalue weighted by Gasteiger charge is 2.30. The monoisotopic (exact) mass is 436 g/mol. The number of alkyl halides is 3. The van der Waals surface area contributed by atoms with Crippen molar-refractivity contribution in [3.8, 4) is 0 Å². The fourth-order valence-corrected chi connectivity index (χ4v) is 2.35. The number of aromatic nitrogens is 1. The number of amides is 1. The molecule has 2 N–H and O–H groups in total. The molecule has 0 aliphatic rings. The number of rotatable bonds is 3. The Bertz CT molecular complexity index is 800. The third kappa shape index (κ3) is 4.34. The van der Waals surface area contributed by atoms with Crippen LogP contribution in [-0.2, 0) is 12.7 Å². The van der Waals surface area contributed by atoms with Crippen molar-refractivity contribution >= 4 is 28.5 Å². The maximum absolute atomic E-state index is 12.6. The Morgan fingerprint density at radius 2 is 2.00 bits per heavy atom. The minimum Gasteiger partial charge on any atom is -0.348 e. The first-order valence-electron chi connectivity index (χ1n) is 6.52. The van der Waals surface area contributed by atoms with Crippen molar-refractivity contribution in [2.75, 3.05) is 0 Å². The number of carbonyl (C=O) groups is 1. The SMILES string of the molecule is Cc1[nH]c(=O)c(C(=O)NCc2cccc(C(F)(F)F)c2)cc1I. The molecule has 122 valence electrons. The molecule has 0 aliphatic heterocycles. The minimum atomic E-state index is -4.44. The van der Waals surface area contributed by atoms with E-state index in [1.807, 2.05) is 22.6 Å². The number of aromatic amines is 1. The molecule has 1 amide bonds. The number of nitrogens with one attached hydrogen (secondary N) is 2. The van der Waals surface area contributed by atoms with E-state index in [9.17, 15) is 22.8 Å². The van der Waals surface area contributed by atoms with Crippen LogP contribution in [0.1, 0.15) is 27.2 Å². The normalized spacial score (nSPS) is 11.3. The molecule has 0 saturated heterocycles. The van der Waals surface area contributed by atoms with Crippen molar-refractivity contribution in [2.45, 2.75) is 19.6 Å². The van der Waals surface area contributed by atoms with E-state index in [4.69, 9.17) is 0 Å². The fourth-order valence-electron chi connectivity index (χ4n) is 1.90. The highest BCUT2D eigenvalue weighted by molar-refractivity contribution is 14.1. The van der Waals surface area contributed by atoms with Gasteiger partial charge in [0.05, 0.1) is 5.56 Å². The van der Waals surface area contributed by atoms with E-state index in [-0.39, 0.29) is 12.1 Å². The van der Waals surface area contributed by atoms with E-state index in [1.54, 1.807) is 6.92 Å². The van der Waals surface area contributed by atoms with E-state index in [0.29, 0.717) is 14.8 Å². The molecule has 23 heavy (non-hydrogen) atoms. The number of hydrogen-bond acceptors (Lipinski definition) is 2. The molecule has 0 radical (unpaired) electrons. The Morgan fingerprint density at radius 1 is 1.30 bits per heavy atom. The van der Waals surface area contributed by atoms with Gasteiger partial charge in [-0.2, -0.15) is 13.2 Å². The Hall–Kier alpha value is -1.84. The predicted molar refractivity (Wildman–Crippen MR) is 87.1 cm³/mol. The second kappa shape index (κ2) is 6.73. The number of benzene rings is 1. The molecule has 2 aromatic rings. The molecule has 1 aromatic carbocycles. The van der Waals surface area contributed by atoms with Gasteiger partial charge in [-0.25, -0.2) is 0 Å². The van der Waals surface area contributed by atoms with E-state index in [0.717, 1.165) is 12.1 Å². The van der Waals surface area contributed by atoms with E-state index >= 15 is 0 Å². The molecule has 0 saturated carbocycles. The van der Waals surface area contributed by atoms with Gasteiger partial charge >= 0.3 is 6.18 Å². The molecule has 1 aromatic heterocycles. The molecule has 2 rings (SSSR count). The number of aryl methyl sites for hydroxylation is 1. The van der Waals surface area contributed by atoms with Crippen molar-refractivity contribution in [3.05, 3.63) is 66.6 Å². The molecule has 0 unspecified atom stereocenters. The third-order valence-electron chi connectivity index (χ3n) is 3.13. The first-order chi connectivity index (χ1) is 10.7. The van der Waals surface area contributed by atoms with Gasteiger partial charge in [0.25, 0.3) is 11.5 Å². The molecular weight excluding hydrogens is 424 g/mol. The average Bonchev–Trinajstić information content (AvgIpc) is 2.48. The maximum atomic E-state index is 12.6. The second-order valence-electron chi connectivity index (χ2n) is 4.87. The summed E-state index contributed by atoms with van der Waals surface area (Å²) in [6, 6.07) is 6.10. The van der Waals surface area contributed by atoms with Crippen LogP contribution in [0.5, 0.6) is 0 Å². The Morgan fingerprint density at radius 3 is 2.65 bits per heavy atom. The van der Waals surface area contributed by atoms with Gasteiger partial charge < -0.3 is 10.3 Å². The molecule has 0 atom stereocenters. The summed E-state index contributed by atoms with van der Waals surface area (Å²) >= 11 is 1.98. The standard InChI is InChI=1S/C15H12F3IN2O2/c1-8-12(19)6-11(14(23)21-8)13(22)20-7-9-3-2-4-10(5-9)15(16,17)18/h2-6H,7H2,1H3,(H,20,22)(H,21,23). The van der Waals surface area contributed by atoms with E-state index in [2.05, 4.69) is 10.3 Å². The lowest BCUT2D eigenvalue weighted by Crippen LogP contribution is -2.30. The second-order valence-corrected chi connectivity index (χ2v) is 6.03. The average molecular weight is 436 g/mol. The van der Waals surface area contributed by atoms with Crippen molar-refractivity contribution in [2.24, 2.45) is 0 Å². The third-order valence-corrected chi connectivity index (χ3v) is 4.25. The van der Waals surface area contributed by atoms with Crippen molar-refractivity contribution < 1.29 is 18.0 Å². The number of carbonyl (C=O) groups excluding carboxylic acids is 1.